The Morgan fingerprint density at radius 1 is 1.15 bits per heavy atom. The molecule has 186 valence electrons. The molecule has 1 fully saturated rings. The molecule has 2 rings (SSSR count). The lowest BCUT2D eigenvalue weighted by Gasteiger charge is -2.29. The molecule has 0 aliphatic carbocycles. The molecule has 1 aliphatic rings. The van der Waals surface area contributed by atoms with Crippen LogP contribution in [-0.4, -0.2) is 81.5 Å². The van der Waals surface area contributed by atoms with Crippen LogP contribution in [0.15, 0.2) is 30.3 Å². The summed E-state index contributed by atoms with van der Waals surface area (Å²) in [5, 5.41) is 23.7. The van der Waals surface area contributed by atoms with Crippen LogP contribution in [0.5, 0.6) is 0 Å². The van der Waals surface area contributed by atoms with Crippen LogP contribution in [0.2, 0.25) is 0 Å². The van der Waals surface area contributed by atoms with E-state index in [-0.39, 0.29) is 0 Å². The fourth-order valence-electron chi connectivity index (χ4n) is 3.79. The van der Waals surface area contributed by atoms with E-state index in [0.717, 1.165) is 5.56 Å². The molecule has 0 aromatic heterocycles. The van der Waals surface area contributed by atoms with Crippen LogP contribution in [0.4, 0.5) is 0 Å². The Bertz CT molecular complexity index is 908. The number of nitrogens with two attached hydrogens (primary N) is 2. The van der Waals surface area contributed by atoms with E-state index >= 15 is 0 Å². The molecular formula is C22H31N5O7. The maximum Gasteiger partial charge on any atom is 0.326 e. The van der Waals surface area contributed by atoms with Crippen molar-refractivity contribution < 1.29 is 34.2 Å². The molecule has 4 amide bonds. The lowest BCUT2D eigenvalue weighted by molar-refractivity contribution is -0.145. The predicted octanol–water partition coefficient (Wildman–Crippen LogP) is -2.14. The highest BCUT2D eigenvalue weighted by molar-refractivity contribution is 5.95. The summed E-state index contributed by atoms with van der Waals surface area (Å²) in [4.78, 5) is 62.1. The van der Waals surface area contributed by atoms with E-state index in [9.17, 15) is 34.2 Å². The molecule has 8 N–H and O–H groups in total. The highest BCUT2D eigenvalue weighted by Gasteiger charge is 2.39. The molecule has 12 heteroatoms. The lowest BCUT2D eigenvalue weighted by atomic mass is 10.0. The van der Waals surface area contributed by atoms with Gasteiger partial charge in [-0.05, 0) is 31.7 Å². The molecular weight excluding hydrogens is 446 g/mol. The average molecular weight is 478 g/mol. The van der Waals surface area contributed by atoms with Crippen LogP contribution in [0.1, 0.15) is 31.7 Å². The van der Waals surface area contributed by atoms with E-state index in [1.807, 2.05) is 30.3 Å². The van der Waals surface area contributed by atoms with Crippen LogP contribution in [0, 0.1) is 0 Å². The third-order valence-corrected chi connectivity index (χ3v) is 5.54. The maximum absolute atomic E-state index is 12.9. The van der Waals surface area contributed by atoms with Crippen LogP contribution in [0.25, 0.3) is 0 Å². The molecule has 1 aromatic rings. The van der Waals surface area contributed by atoms with Gasteiger partial charge in [0.25, 0.3) is 0 Å². The minimum absolute atomic E-state index is 0.291. The first-order chi connectivity index (χ1) is 16.0. The van der Waals surface area contributed by atoms with Crippen molar-refractivity contribution in [3.8, 4) is 0 Å². The molecule has 5 atom stereocenters. The summed E-state index contributed by atoms with van der Waals surface area (Å²) in [5.74, 6) is -4.54. The number of amides is 4. The summed E-state index contributed by atoms with van der Waals surface area (Å²) in [6, 6.07) is 4.29. The smallest absolute Gasteiger partial charge is 0.326 e. The van der Waals surface area contributed by atoms with Crippen LogP contribution < -0.4 is 22.1 Å². The molecule has 1 aromatic carbocycles. The monoisotopic (exact) mass is 477 g/mol. The van der Waals surface area contributed by atoms with Crippen molar-refractivity contribution in [3.63, 3.8) is 0 Å². The summed E-state index contributed by atoms with van der Waals surface area (Å²) >= 11 is 0. The number of carbonyl (C=O) groups excluding carboxylic acids is 4. The number of hydrogen-bond donors (Lipinski definition) is 6. The van der Waals surface area contributed by atoms with Crippen LogP contribution >= 0.6 is 0 Å². The van der Waals surface area contributed by atoms with E-state index < -0.39 is 66.3 Å². The Balaban J connectivity index is 2.06. The number of nitrogens with zero attached hydrogens (tertiary/aromatic N) is 1. The Morgan fingerprint density at radius 2 is 1.79 bits per heavy atom. The number of carbonyl (C=O) groups is 5. The number of benzene rings is 1. The molecule has 5 unspecified atom stereocenters. The van der Waals surface area contributed by atoms with Gasteiger partial charge < -0.3 is 37.2 Å². The number of aliphatic carboxylic acids is 1. The third-order valence-electron chi connectivity index (χ3n) is 5.54. The Morgan fingerprint density at radius 3 is 2.35 bits per heavy atom. The zero-order valence-electron chi connectivity index (χ0n) is 18.8. The summed E-state index contributed by atoms with van der Waals surface area (Å²) in [7, 11) is 0. The maximum atomic E-state index is 12.9. The normalized spacial score (nSPS) is 18.9. The zero-order valence-corrected chi connectivity index (χ0v) is 18.8. The Hall–Kier alpha value is -3.51. The number of aliphatic hydroxyl groups is 1. The molecule has 1 heterocycles. The SMILES string of the molecule is CC(O)C(NC(=O)C1CCCN1C(=O)C(N)Cc1ccccc1)C(=O)NC(CC(N)=O)C(=O)O. The number of nitrogens with one attached hydrogen (secondary N) is 2. The predicted molar refractivity (Wildman–Crippen MR) is 120 cm³/mol. The summed E-state index contributed by atoms with van der Waals surface area (Å²) in [6.07, 6.45) is -0.875. The minimum atomic E-state index is -1.62. The van der Waals surface area contributed by atoms with Gasteiger partial charge in [-0.15, -0.1) is 0 Å². The quantitative estimate of drug-likeness (QED) is 0.207. The van der Waals surface area contributed by atoms with E-state index in [1.165, 1.54) is 11.8 Å². The van der Waals surface area contributed by atoms with Crippen molar-refractivity contribution in [3.05, 3.63) is 35.9 Å². The summed E-state index contributed by atoms with van der Waals surface area (Å²) in [6.45, 7) is 1.55. The van der Waals surface area contributed by atoms with Crippen LogP contribution in [0.3, 0.4) is 0 Å². The van der Waals surface area contributed by atoms with Gasteiger partial charge in [-0.2, -0.15) is 0 Å². The molecule has 0 bridgehead atoms. The second-order valence-corrected chi connectivity index (χ2v) is 8.28. The standard InChI is InChI=1S/C22H31N5O7/c1-12(28)18(20(31)25-15(22(33)34)11-17(24)29)26-19(30)16-8-5-9-27(16)21(32)14(23)10-13-6-3-2-4-7-13/h2-4,6-7,12,14-16,18,28H,5,8-11,23H2,1H3,(H2,24,29)(H,25,31)(H,26,30)(H,33,34). The van der Waals surface area contributed by atoms with Crippen molar-refractivity contribution in [2.75, 3.05) is 6.54 Å². The molecule has 1 saturated heterocycles. The zero-order chi connectivity index (χ0) is 25.4. The van der Waals surface area contributed by atoms with Crippen molar-refractivity contribution in [2.45, 2.75) is 62.9 Å². The van der Waals surface area contributed by atoms with Gasteiger partial charge in [0.15, 0.2) is 0 Å². The van der Waals surface area contributed by atoms with E-state index in [4.69, 9.17) is 11.5 Å². The van der Waals surface area contributed by atoms with Gasteiger partial charge in [-0.25, -0.2) is 4.79 Å². The number of rotatable bonds is 11. The molecule has 34 heavy (non-hydrogen) atoms. The van der Waals surface area contributed by atoms with Crippen LogP contribution in [-0.2, 0) is 30.4 Å². The largest absolute Gasteiger partial charge is 0.480 e. The fourth-order valence-corrected chi connectivity index (χ4v) is 3.79. The molecule has 0 radical (unpaired) electrons. The van der Waals surface area contributed by atoms with E-state index in [0.29, 0.717) is 25.8 Å². The number of carboxylic acid groups (broad SMARTS) is 1. The first-order valence-electron chi connectivity index (χ1n) is 10.9. The molecule has 0 saturated carbocycles. The first kappa shape index (κ1) is 26.7. The number of hydrogen-bond acceptors (Lipinski definition) is 7. The van der Waals surface area contributed by atoms with Crippen molar-refractivity contribution in [1.82, 2.24) is 15.5 Å². The second-order valence-electron chi connectivity index (χ2n) is 8.28. The van der Waals surface area contributed by atoms with Gasteiger partial charge in [-0.3, -0.25) is 19.2 Å². The Labute approximate surface area is 196 Å². The van der Waals surface area contributed by atoms with Gasteiger partial charge in [-0.1, -0.05) is 30.3 Å². The summed E-state index contributed by atoms with van der Waals surface area (Å²) in [5.41, 5.74) is 12.0. The first-order valence-corrected chi connectivity index (χ1v) is 10.9. The van der Waals surface area contributed by atoms with Crippen molar-refractivity contribution >= 4 is 29.6 Å². The molecule has 12 nitrogen and oxygen atoms in total. The van der Waals surface area contributed by atoms with E-state index in [2.05, 4.69) is 10.6 Å². The van der Waals surface area contributed by atoms with Gasteiger partial charge in [0, 0.05) is 6.54 Å². The van der Waals surface area contributed by atoms with Gasteiger partial charge >= 0.3 is 5.97 Å². The number of carboxylic acids is 1. The van der Waals surface area contributed by atoms with Crippen molar-refractivity contribution in [2.24, 2.45) is 11.5 Å². The topological polar surface area (TPSA) is 205 Å². The molecule has 1 aliphatic heterocycles. The summed E-state index contributed by atoms with van der Waals surface area (Å²) < 4.78 is 0. The molecule has 0 spiro atoms. The number of primary amides is 1. The number of aliphatic hydroxyl groups excluding tert-OH is 1. The number of likely N-dealkylation sites (tertiary alicyclic amines) is 1. The van der Waals surface area contributed by atoms with Gasteiger partial charge in [0.1, 0.15) is 18.1 Å². The minimum Gasteiger partial charge on any atom is -0.480 e. The fraction of sp³-hybridized carbons (Fsp3) is 0.500. The van der Waals surface area contributed by atoms with Gasteiger partial charge in [0.05, 0.1) is 18.6 Å². The average Bonchev–Trinajstić information content (AvgIpc) is 3.26. The highest BCUT2D eigenvalue weighted by atomic mass is 16.4. The van der Waals surface area contributed by atoms with E-state index in [1.54, 1.807) is 0 Å². The highest BCUT2D eigenvalue weighted by Crippen LogP contribution is 2.19. The second kappa shape index (κ2) is 12.1. The van der Waals surface area contributed by atoms with Crippen molar-refractivity contribution in [1.29, 1.82) is 0 Å². The lowest BCUT2D eigenvalue weighted by Crippen LogP contribution is -2.59. The Kier molecular flexibility index (Phi) is 9.51. The van der Waals surface area contributed by atoms with Gasteiger partial charge in [0.2, 0.25) is 23.6 Å². The third kappa shape index (κ3) is 7.25.